The Bertz CT molecular complexity index is 534. The zero-order valence-corrected chi connectivity index (χ0v) is 13.1. The van der Waals surface area contributed by atoms with Gasteiger partial charge >= 0.3 is 0 Å². The summed E-state index contributed by atoms with van der Waals surface area (Å²) in [6.45, 7) is 0. The van der Waals surface area contributed by atoms with Crippen LogP contribution in [-0.2, 0) is 0 Å². The minimum absolute atomic E-state index is 0.231. The van der Waals surface area contributed by atoms with Crippen molar-refractivity contribution in [3.63, 3.8) is 0 Å². The average Bonchev–Trinajstić information content (AvgIpc) is 2.42. The average molecular weight is 307 g/mol. The molecule has 1 aromatic carbocycles. The van der Waals surface area contributed by atoms with Gasteiger partial charge in [0.05, 0.1) is 5.69 Å². The van der Waals surface area contributed by atoms with Crippen molar-refractivity contribution in [3.8, 4) is 0 Å². The minimum atomic E-state index is -0.274. The third-order valence-electron chi connectivity index (χ3n) is 4.95. The van der Waals surface area contributed by atoms with Crippen molar-refractivity contribution in [1.29, 1.82) is 0 Å². The van der Waals surface area contributed by atoms with Crippen LogP contribution in [-0.4, -0.2) is 35.1 Å². The van der Waals surface area contributed by atoms with Crippen LogP contribution in [0.1, 0.15) is 37.7 Å². The summed E-state index contributed by atoms with van der Waals surface area (Å²) in [7, 11) is 2.22. The van der Waals surface area contributed by atoms with E-state index in [9.17, 15) is 4.39 Å². The Morgan fingerprint density at radius 1 is 1.33 bits per heavy atom. The van der Waals surface area contributed by atoms with Crippen LogP contribution in [0.25, 0.3) is 0 Å². The molecule has 2 saturated heterocycles. The molecule has 2 unspecified atom stereocenters. The lowest BCUT2D eigenvalue weighted by Gasteiger charge is -2.47. The quantitative estimate of drug-likeness (QED) is 0.843. The molecule has 2 bridgehead atoms. The predicted octanol–water partition coefficient (Wildman–Crippen LogP) is 2.89. The van der Waals surface area contributed by atoms with E-state index in [0.29, 0.717) is 29.4 Å². The van der Waals surface area contributed by atoms with Gasteiger partial charge in [0.2, 0.25) is 0 Å². The van der Waals surface area contributed by atoms with E-state index < -0.39 is 0 Å². The van der Waals surface area contributed by atoms with Crippen LogP contribution in [0.4, 0.5) is 10.1 Å². The summed E-state index contributed by atoms with van der Waals surface area (Å²) in [6, 6.07) is 6.56. The highest BCUT2D eigenvalue weighted by molar-refractivity contribution is 7.80. The molecule has 5 heteroatoms. The van der Waals surface area contributed by atoms with Gasteiger partial charge in [-0.25, -0.2) is 4.39 Å². The van der Waals surface area contributed by atoms with E-state index in [1.165, 1.54) is 25.3 Å². The largest absolute Gasteiger partial charge is 0.389 e. The molecule has 3 N–H and O–H groups in total. The smallest absolute Gasteiger partial charge is 0.146 e. The Morgan fingerprint density at radius 3 is 2.57 bits per heavy atom. The topological polar surface area (TPSA) is 41.3 Å². The summed E-state index contributed by atoms with van der Waals surface area (Å²) in [6.07, 6.45) is 6.01. The van der Waals surface area contributed by atoms with Crippen molar-refractivity contribution in [3.05, 3.63) is 29.6 Å². The summed E-state index contributed by atoms with van der Waals surface area (Å²) in [5.74, 6) is -0.274. The number of nitrogens with two attached hydrogens (primary N) is 1. The molecule has 3 rings (SSSR count). The maximum absolute atomic E-state index is 14.1. The SMILES string of the molecule is CN1C2CCCC1CC(Nc1ccc(C(N)=S)cc1F)C2. The molecule has 2 fully saturated rings. The van der Waals surface area contributed by atoms with Crippen molar-refractivity contribution in [1.82, 2.24) is 4.90 Å². The van der Waals surface area contributed by atoms with Gasteiger partial charge in [0.25, 0.3) is 0 Å². The molecule has 2 atom stereocenters. The molecule has 0 spiro atoms. The molecule has 21 heavy (non-hydrogen) atoms. The van der Waals surface area contributed by atoms with Gasteiger partial charge in [0.1, 0.15) is 10.8 Å². The zero-order chi connectivity index (χ0) is 15.0. The van der Waals surface area contributed by atoms with E-state index in [-0.39, 0.29) is 10.8 Å². The van der Waals surface area contributed by atoms with Gasteiger partial charge < -0.3 is 16.0 Å². The van der Waals surface area contributed by atoms with Crippen LogP contribution >= 0.6 is 12.2 Å². The zero-order valence-electron chi connectivity index (χ0n) is 12.3. The van der Waals surface area contributed by atoms with E-state index >= 15 is 0 Å². The minimum Gasteiger partial charge on any atom is -0.389 e. The first-order valence-electron chi connectivity index (χ1n) is 7.62. The number of hydrogen-bond acceptors (Lipinski definition) is 3. The summed E-state index contributed by atoms with van der Waals surface area (Å²) < 4.78 is 14.1. The summed E-state index contributed by atoms with van der Waals surface area (Å²) >= 11 is 4.88. The van der Waals surface area contributed by atoms with Gasteiger partial charge in [-0.2, -0.15) is 0 Å². The second-order valence-corrected chi connectivity index (χ2v) is 6.72. The number of anilines is 1. The van der Waals surface area contributed by atoms with E-state index in [4.69, 9.17) is 18.0 Å². The molecular formula is C16H22FN3S. The summed E-state index contributed by atoms with van der Waals surface area (Å²) in [5, 5.41) is 3.38. The number of nitrogens with zero attached hydrogens (tertiary/aromatic N) is 1. The standard InChI is InChI=1S/C16H22FN3S/c1-20-12-3-2-4-13(20)9-11(8-12)19-15-6-5-10(16(18)21)7-14(15)17/h5-7,11-13,19H,2-4,8-9H2,1H3,(H2,18,21). The molecule has 0 amide bonds. The molecule has 0 aromatic heterocycles. The second-order valence-electron chi connectivity index (χ2n) is 6.28. The molecule has 114 valence electrons. The Labute approximate surface area is 130 Å². The van der Waals surface area contributed by atoms with Crippen molar-refractivity contribution in [2.45, 2.75) is 50.2 Å². The first kappa shape index (κ1) is 14.7. The van der Waals surface area contributed by atoms with E-state index in [2.05, 4.69) is 17.3 Å². The predicted molar refractivity (Wildman–Crippen MR) is 88.1 cm³/mol. The third-order valence-corrected chi connectivity index (χ3v) is 5.19. The highest BCUT2D eigenvalue weighted by Gasteiger charge is 2.36. The van der Waals surface area contributed by atoms with Crippen molar-refractivity contribution in [2.24, 2.45) is 5.73 Å². The fraction of sp³-hybridized carbons (Fsp3) is 0.562. The molecule has 2 aliphatic heterocycles. The number of halogens is 1. The van der Waals surface area contributed by atoms with Crippen LogP contribution < -0.4 is 11.1 Å². The third kappa shape index (κ3) is 3.04. The molecule has 2 aliphatic rings. The molecule has 0 aliphatic carbocycles. The van der Waals surface area contributed by atoms with Crippen LogP contribution in [0.15, 0.2) is 18.2 Å². The van der Waals surface area contributed by atoms with Crippen LogP contribution in [0, 0.1) is 5.82 Å². The van der Waals surface area contributed by atoms with Crippen LogP contribution in [0.3, 0.4) is 0 Å². The lowest BCUT2D eigenvalue weighted by Crippen LogP contribution is -2.52. The van der Waals surface area contributed by atoms with Gasteiger partial charge in [0, 0.05) is 23.7 Å². The number of benzene rings is 1. The molecular weight excluding hydrogens is 285 g/mol. The lowest BCUT2D eigenvalue weighted by atomic mass is 9.82. The number of rotatable bonds is 3. The van der Waals surface area contributed by atoms with Gasteiger partial charge in [-0.1, -0.05) is 18.6 Å². The highest BCUT2D eigenvalue weighted by atomic mass is 32.1. The monoisotopic (exact) mass is 307 g/mol. The van der Waals surface area contributed by atoms with Crippen LogP contribution in [0.2, 0.25) is 0 Å². The summed E-state index contributed by atoms with van der Waals surface area (Å²) in [4.78, 5) is 2.74. The number of hydrogen-bond donors (Lipinski definition) is 2. The number of thiocarbonyl (C=S) groups is 1. The Kier molecular flexibility index (Phi) is 4.13. The lowest BCUT2D eigenvalue weighted by molar-refractivity contribution is 0.0608. The first-order chi connectivity index (χ1) is 10.0. The normalized spacial score (nSPS) is 29.1. The summed E-state index contributed by atoms with van der Waals surface area (Å²) in [5.41, 5.74) is 6.67. The number of piperidine rings is 2. The molecule has 2 heterocycles. The van der Waals surface area contributed by atoms with Gasteiger partial charge in [-0.05, 0) is 50.9 Å². The van der Waals surface area contributed by atoms with E-state index in [1.54, 1.807) is 12.1 Å². The highest BCUT2D eigenvalue weighted by Crippen LogP contribution is 2.34. The maximum Gasteiger partial charge on any atom is 0.146 e. The molecule has 0 radical (unpaired) electrons. The van der Waals surface area contributed by atoms with Gasteiger partial charge in [0.15, 0.2) is 0 Å². The Hall–Kier alpha value is -1.20. The van der Waals surface area contributed by atoms with Crippen molar-refractivity contribution >= 4 is 22.9 Å². The Balaban J connectivity index is 1.71. The van der Waals surface area contributed by atoms with E-state index in [0.717, 1.165) is 12.8 Å². The maximum atomic E-state index is 14.1. The van der Waals surface area contributed by atoms with Gasteiger partial charge in [-0.3, -0.25) is 0 Å². The second kappa shape index (κ2) is 5.89. The molecule has 3 nitrogen and oxygen atoms in total. The fourth-order valence-corrected chi connectivity index (χ4v) is 3.87. The van der Waals surface area contributed by atoms with Crippen LogP contribution in [0.5, 0.6) is 0 Å². The van der Waals surface area contributed by atoms with Crippen molar-refractivity contribution in [2.75, 3.05) is 12.4 Å². The fourth-order valence-electron chi connectivity index (χ4n) is 3.74. The molecule has 0 saturated carbocycles. The molecule has 1 aromatic rings. The van der Waals surface area contributed by atoms with Gasteiger partial charge in [-0.15, -0.1) is 0 Å². The van der Waals surface area contributed by atoms with Crippen molar-refractivity contribution < 1.29 is 4.39 Å². The Morgan fingerprint density at radius 2 is 2.00 bits per heavy atom. The van der Waals surface area contributed by atoms with E-state index in [1.807, 2.05) is 0 Å². The number of fused-ring (bicyclic) bond motifs is 2. The number of nitrogens with one attached hydrogen (secondary N) is 1. The first-order valence-corrected chi connectivity index (χ1v) is 8.03.